The Hall–Kier alpha value is -1.28. The summed E-state index contributed by atoms with van der Waals surface area (Å²) < 4.78 is 3.80. The van der Waals surface area contributed by atoms with Crippen LogP contribution in [0.5, 0.6) is 0 Å². The SMILES string of the molecule is NC1SN=CN1CO/N=C\C(=O)O. The molecule has 7 nitrogen and oxygen atoms in total. The van der Waals surface area contributed by atoms with Crippen molar-refractivity contribution in [2.75, 3.05) is 6.73 Å². The lowest BCUT2D eigenvalue weighted by Crippen LogP contribution is -2.36. The molecule has 0 spiro atoms. The summed E-state index contributed by atoms with van der Waals surface area (Å²) in [5, 5.41) is 11.3. The number of hydrogen-bond donors (Lipinski definition) is 2. The topological polar surface area (TPSA) is 101 Å². The molecule has 13 heavy (non-hydrogen) atoms. The Morgan fingerprint density at radius 3 is 3.31 bits per heavy atom. The van der Waals surface area contributed by atoms with Crippen LogP contribution in [0.25, 0.3) is 0 Å². The lowest BCUT2D eigenvalue weighted by molar-refractivity contribution is -0.129. The van der Waals surface area contributed by atoms with E-state index in [2.05, 4.69) is 14.4 Å². The lowest BCUT2D eigenvalue weighted by Gasteiger charge is -2.16. The number of nitrogens with two attached hydrogens (primary N) is 1. The van der Waals surface area contributed by atoms with E-state index in [1.807, 2.05) is 0 Å². The first kappa shape index (κ1) is 9.81. The predicted octanol–water partition coefficient (Wildman–Crippen LogP) is -0.735. The van der Waals surface area contributed by atoms with Gasteiger partial charge in [-0.1, -0.05) is 5.16 Å². The Bertz CT molecular complexity index is 244. The van der Waals surface area contributed by atoms with Gasteiger partial charge in [-0.15, -0.1) is 0 Å². The van der Waals surface area contributed by atoms with Crippen molar-refractivity contribution in [3.63, 3.8) is 0 Å². The summed E-state index contributed by atoms with van der Waals surface area (Å²) in [6, 6.07) is 0. The average molecular weight is 204 g/mol. The maximum absolute atomic E-state index is 9.96. The zero-order valence-corrected chi connectivity index (χ0v) is 7.35. The van der Waals surface area contributed by atoms with Crippen LogP contribution < -0.4 is 5.73 Å². The zero-order valence-electron chi connectivity index (χ0n) is 6.53. The normalized spacial score (nSPS) is 21.3. The third kappa shape index (κ3) is 3.30. The van der Waals surface area contributed by atoms with Crippen LogP contribution in [0.4, 0.5) is 0 Å². The molecule has 1 aliphatic heterocycles. The number of rotatable bonds is 4. The lowest BCUT2D eigenvalue weighted by atomic mass is 10.8. The first-order valence-corrected chi connectivity index (χ1v) is 4.12. The Balaban J connectivity index is 2.19. The summed E-state index contributed by atoms with van der Waals surface area (Å²) in [4.78, 5) is 16.2. The van der Waals surface area contributed by atoms with Gasteiger partial charge in [0.2, 0.25) is 0 Å². The Morgan fingerprint density at radius 2 is 2.77 bits per heavy atom. The molecule has 0 bridgehead atoms. The molecule has 1 atom stereocenters. The fraction of sp³-hybridized carbons (Fsp3) is 0.400. The number of oxime groups is 1. The molecule has 0 amide bonds. The molecule has 1 heterocycles. The number of carboxylic acid groups (broad SMARTS) is 1. The molecule has 0 saturated carbocycles. The Morgan fingerprint density at radius 1 is 2.00 bits per heavy atom. The van der Waals surface area contributed by atoms with E-state index in [0.717, 1.165) is 0 Å². The molecule has 0 radical (unpaired) electrons. The van der Waals surface area contributed by atoms with Crippen LogP contribution in [0, 0.1) is 0 Å². The summed E-state index contributed by atoms with van der Waals surface area (Å²) in [6.07, 6.45) is 2.16. The maximum atomic E-state index is 9.96. The zero-order chi connectivity index (χ0) is 9.68. The molecule has 0 fully saturated rings. The van der Waals surface area contributed by atoms with Crippen LogP contribution in [-0.2, 0) is 9.63 Å². The summed E-state index contributed by atoms with van der Waals surface area (Å²) in [5.41, 5.74) is 5.25. The Kier molecular flexibility index (Phi) is 3.53. The number of carboxylic acids is 1. The van der Waals surface area contributed by atoms with Gasteiger partial charge in [0.05, 0.1) is 0 Å². The van der Waals surface area contributed by atoms with E-state index in [4.69, 9.17) is 10.8 Å². The van der Waals surface area contributed by atoms with Crippen LogP contribution in [0.1, 0.15) is 0 Å². The van der Waals surface area contributed by atoms with E-state index in [1.165, 1.54) is 18.3 Å². The minimum Gasteiger partial charge on any atom is -0.477 e. The van der Waals surface area contributed by atoms with E-state index in [9.17, 15) is 4.79 Å². The second-order valence-electron chi connectivity index (χ2n) is 2.06. The fourth-order valence-electron chi connectivity index (χ4n) is 0.566. The third-order valence-corrected chi connectivity index (χ3v) is 1.84. The van der Waals surface area contributed by atoms with Crippen molar-refractivity contribution < 1.29 is 14.7 Å². The summed E-state index contributed by atoms with van der Waals surface area (Å²) in [5.74, 6) is -1.16. The van der Waals surface area contributed by atoms with Gasteiger partial charge >= 0.3 is 5.97 Å². The van der Waals surface area contributed by atoms with E-state index in [0.29, 0.717) is 6.21 Å². The van der Waals surface area contributed by atoms with Crippen molar-refractivity contribution in [1.82, 2.24) is 4.90 Å². The van der Waals surface area contributed by atoms with Gasteiger partial charge in [0.1, 0.15) is 6.34 Å². The second kappa shape index (κ2) is 4.67. The van der Waals surface area contributed by atoms with E-state index in [1.54, 1.807) is 4.90 Å². The third-order valence-electron chi connectivity index (χ3n) is 1.14. The minimum atomic E-state index is -1.16. The molecule has 0 aromatic heterocycles. The van der Waals surface area contributed by atoms with E-state index < -0.39 is 5.97 Å². The predicted molar refractivity (Wildman–Crippen MR) is 48.0 cm³/mol. The number of nitrogens with zero attached hydrogens (tertiary/aromatic N) is 3. The van der Waals surface area contributed by atoms with Crippen molar-refractivity contribution in [2.24, 2.45) is 15.3 Å². The molecule has 1 aliphatic rings. The number of hydrogen-bond acceptors (Lipinski definition) is 7. The first-order valence-electron chi connectivity index (χ1n) is 3.29. The second-order valence-corrected chi connectivity index (χ2v) is 2.97. The molecule has 0 saturated heterocycles. The fourth-order valence-corrected chi connectivity index (χ4v) is 1.10. The molecule has 72 valence electrons. The van der Waals surface area contributed by atoms with Gasteiger partial charge in [-0.2, -0.15) is 0 Å². The molecule has 1 rings (SSSR count). The standard InChI is InChI=1S/C5H8N4O3S/c6-5-9(2-8-13-5)3-12-7-1-4(10)11/h1-2,5H,3,6H2,(H,10,11)/b7-1-. The molecule has 8 heteroatoms. The van der Waals surface area contributed by atoms with Crippen molar-refractivity contribution in [3.05, 3.63) is 0 Å². The molecule has 3 N–H and O–H groups in total. The van der Waals surface area contributed by atoms with Crippen molar-refractivity contribution >= 4 is 30.5 Å². The molecular formula is C5H8N4O3S. The highest BCUT2D eigenvalue weighted by Crippen LogP contribution is 2.16. The molecule has 1 unspecified atom stereocenters. The van der Waals surface area contributed by atoms with E-state index >= 15 is 0 Å². The highest BCUT2D eigenvalue weighted by Gasteiger charge is 2.16. The van der Waals surface area contributed by atoms with Gasteiger partial charge < -0.3 is 20.6 Å². The van der Waals surface area contributed by atoms with E-state index in [-0.39, 0.29) is 12.2 Å². The Labute approximate surface area is 78.4 Å². The van der Waals surface area contributed by atoms with Crippen LogP contribution >= 0.6 is 11.9 Å². The first-order chi connectivity index (χ1) is 6.20. The van der Waals surface area contributed by atoms with Crippen LogP contribution in [0.2, 0.25) is 0 Å². The summed E-state index contributed by atoms with van der Waals surface area (Å²) in [7, 11) is 0. The van der Waals surface area contributed by atoms with Gasteiger partial charge in [-0.3, -0.25) is 0 Å². The summed E-state index contributed by atoms with van der Waals surface area (Å²) >= 11 is 1.19. The number of aliphatic carboxylic acids is 1. The molecule has 0 aliphatic carbocycles. The molecule has 0 aromatic carbocycles. The average Bonchev–Trinajstić information content (AvgIpc) is 2.45. The van der Waals surface area contributed by atoms with Crippen LogP contribution in [0.15, 0.2) is 9.55 Å². The van der Waals surface area contributed by atoms with Gasteiger partial charge in [0.15, 0.2) is 18.4 Å². The number of carbonyl (C=O) groups is 1. The van der Waals surface area contributed by atoms with Gasteiger partial charge in [0, 0.05) is 11.9 Å². The van der Waals surface area contributed by atoms with Crippen LogP contribution in [-0.4, -0.2) is 40.8 Å². The minimum absolute atomic E-state index is 0.0848. The molecular weight excluding hydrogens is 196 g/mol. The smallest absolute Gasteiger partial charge is 0.350 e. The van der Waals surface area contributed by atoms with Crippen LogP contribution in [0.3, 0.4) is 0 Å². The largest absolute Gasteiger partial charge is 0.477 e. The van der Waals surface area contributed by atoms with Crippen molar-refractivity contribution in [3.8, 4) is 0 Å². The van der Waals surface area contributed by atoms with Gasteiger partial charge in [0.25, 0.3) is 0 Å². The van der Waals surface area contributed by atoms with Crippen molar-refractivity contribution in [2.45, 2.75) is 5.50 Å². The highest BCUT2D eigenvalue weighted by molar-refractivity contribution is 7.98. The quantitative estimate of drug-likeness (QED) is 0.355. The highest BCUT2D eigenvalue weighted by atomic mass is 32.2. The maximum Gasteiger partial charge on any atom is 0.350 e. The molecule has 0 aromatic rings. The van der Waals surface area contributed by atoms with Crippen molar-refractivity contribution in [1.29, 1.82) is 0 Å². The monoisotopic (exact) mass is 204 g/mol. The summed E-state index contributed by atoms with van der Waals surface area (Å²) in [6.45, 7) is 0.0848. The van der Waals surface area contributed by atoms with Gasteiger partial charge in [-0.05, 0) is 0 Å². The van der Waals surface area contributed by atoms with Gasteiger partial charge in [-0.25, -0.2) is 9.19 Å².